The Morgan fingerprint density at radius 2 is 1.13 bits per heavy atom. The number of para-hydroxylation sites is 1. The van der Waals surface area contributed by atoms with Gasteiger partial charge in [0.15, 0.2) is 5.84 Å². The number of fused-ring (bicyclic) bond motifs is 11. The van der Waals surface area contributed by atoms with E-state index in [-0.39, 0.29) is 12.0 Å². The highest BCUT2D eigenvalue weighted by molar-refractivity contribution is 6.26. The zero-order chi connectivity index (χ0) is 40.9. The number of hydrogen-bond donors (Lipinski definition) is 0. The van der Waals surface area contributed by atoms with Gasteiger partial charge in [0.2, 0.25) is 0 Å². The Morgan fingerprint density at radius 1 is 0.500 bits per heavy atom. The molecule has 0 saturated heterocycles. The first kappa shape index (κ1) is 35.0. The maximum absolute atomic E-state index is 7.10. The van der Waals surface area contributed by atoms with Gasteiger partial charge in [-0.2, -0.15) is 0 Å². The summed E-state index contributed by atoms with van der Waals surface area (Å²) in [5, 5.41) is 14.3. The largest absolute Gasteiger partial charge is 0.455 e. The molecule has 1 aliphatic rings. The van der Waals surface area contributed by atoms with Crippen LogP contribution in [0.2, 0.25) is 0 Å². The van der Waals surface area contributed by atoms with Crippen molar-refractivity contribution in [2.75, 3.05) is 0 Å². The van der Waals surface area contributed by atoms with E-state index in [1.54, 1.807) is 0 Å². The molecule has 2 aromatic heterocycles. The lowest BCUT2D eigenvalue weighted by atomic mass is 9.81. The molecule has 0 saturated carbocycles. The van der Waals surface area contributed by atoms with Crippen LogP contribution in [-0.4, -0.2) is 16.1 Å². The molecule has 10 aromatic carbocycles. The summed E-state index contributed by atoms with van der Waals surface area (Å²) in [7, 11) is 0. The van der Waals surface area contributed by atoms with Gasteiger partial charge in [0.25, 0.3) is 0 Å². The average molecular weight is 794 g/mol. The van der Waals surface area contributed by atoms with Crippen molar-refractivity contribution in [1.82, 2.24) is 4.57 Å². The normalized spacial score (nSPS) is 15.8. The Kier molecular flexibility index (Phi) is 7.67. The summed E-state index contributed by atoms with van der Waals surface area (Å²) in [5.74, 6) is 0.666. The second-order valence-corrected chi connectivity index (χ2v) is 16.7. The zero-order valence-corrected chi connectivity index (χ0v) is 34.1. The molecule has 62 heavy (non-hydrogen) atoms. The molecule has 0 fully saturated rings. The maximum atomic E-state index is 7.10. The van der Waals surface area contributed by atoms with Crippen LogP contribution in [0.15, 0.2) is 209 Å². The lowest BCUT2D eigenvalue weighted by Gasteiger charge is -2.31. The Morgan fingerprint density at radius 3 is 1.90 bits per heavy atom. The van der Waals surface area contributed by atoms with Gasteiger partial charge in [-0.05, 0) is 104 Å². The van der Waals surface area contributed by atoms with Crippen LogP contribution in [0.1, 0.15) is 36.1 Å². The maximum Gasteiger partial charge on any atom is 0.155 e. The molecule has 4 nitrogen and oxygen atoms in total. The monoisotopic (exact) mass is 793 g/mol. The van der Waals surface area contributed by atoms with E-state index < -0.39 is 0 Å². The number of benzene rings is 10. The van der Waals surface area contributed by atoms with Crippen LogP contribution in [0, 0.1) is 5.92 Å². The Hall–Kier alpha value is -7.82. The van der Waals surface area contributed by atoms with Gasteiger partial charge in [-0.15, -0.1) is 0 Å². The molecule has 0 aliphatic carbocycles. The number of furan rings is 1. The Balaban J connectivity index is 1.16. The summed E-state index contributed by atoms with van der Waals surface area (Å²) < 4.78 is 9.58. The van der Waals surface area contributed by atoms with Gasteiger partial charge in [-0.1, -0.05) is 153 Å². The van der Waals surface area contributed by atoms with Crippen LogP contribution in [0.4, 0.5) is 0 Å². The van der Waals surface area contributed by atoms with E-state index in [2.05, 4.69) is 206 Å². The molecule has 292 valence electrons. The minimum Gasteiger partial charge on any atom is -0.455 e. The van der Waals surface area contributed by atoms with Gasteiger partial charge in [0, 0.05) is 33.0 Å². The van der Waals surface area contributed by atoms with Crippen molar-refractivity contribution in [2.45, 2.75) is 19.4 Å². The van der Waals surface area contributed by atoms with Gasteiger partial charge in [0.05, 0.1) is 34.0 Å². The molecular formula is C58H39N3O. The smallest absolute Gasteiger partial charge is 0.155 e. The SMILES string of the molecule is CCC1C(c2c(-n3c4cc5ccccc5cc4c4c5ccccc5ccc43)ccc3c2oc2ccccc23)=NC(c2ccc3ccccc3c2)=NC1c1ccc2ccccc2c1. The second-order valence-electron chi connectivity index (χ2n) is 16.7. The Labute approximate surface area is 357 Å². The van der Waals surface area contributed by atoms with Crippen molar-refractivity contribution in [3.63, 3.8) is 0 Å². The summed E-state index contributed by atoms with van der Waals surface area (Å²) in [4.78, 5) is 11.4. The number of aliphatic imine (C=N–C) groups is 2. The van der Waals surface area contributed by atoms with Crippen molar-refractivity contribution >= 4 is 98.4 Å². The van der Waals surface area contributed by atoms with E-state index in [9.17, 15) is 0 Å². The first-order valence-corrected chi connectivity index (χ1v) is 21.6. The fraction of sp³-hybridized carbons (Fsp3) is 0.0690. The topological polar surface area (TPSA) is 42.8 Å². The summed E-state index contributed by atoms with van der Waals surface area (Å²) in [6.45, 7) is 2.28. The van der Waals surface area contributed by atoms with Crippen molar-refractivity contribution in [3.8, 4) is 5.69 Å². The van der Waals surface area contributed by atoms with E-state index >= 15 is 0 Å². The fourth-order valence-corrected chi connectivity index (χ4v) is 10.4. The molecule has 0 amide bonds. The number of rotatable bonds is 5. The van der Waals surface area contributed by atoms with Crippen molar-refractivity contribution < 1.29 is 4.42 Å². The molecular weight excluding hydrogens is 755 g/mol. The van der Waals surface area contributed by atoms with E-state index in [1.807, 2.05) is 0 Å². The molecule has 4 heteroatoms. The van der Waals surface area contributed by atoms with Crippen LogP contribution in [0.3, 0.4) is 0 Å². The van der Waals surface area contributed by atoms with Gasteiger partial charge < -0.3 is 8.98 Å². The molecule has 2 unspecified atom stereocenters. The lowest BCUT2D eigenvalue weighted by molar-refractivity contribution is 0.532. The number of amidine groups is 1. The fourth-order valence-electron chi connectivity index (χ4n) is 10.4. The van der Waals surface area contributed by atoms with Gasteiger partial charge >= 0.3 is 0 Å². The first-order chi connectivity index (χ1) is 30.7. The third-order valence-corrected chi connectivity index (χ3v) is 13.3. The van der Waals surface area contributed by atoms with Crippen molar-refractivity contribution in [2.24, 2.45) is 15.9 Å². The molecule has 1 aliphatic heterocycles. The number of nitrogens with zero attached hydrogens (tertiary/aromatic N) is 3. The molecule has 0 radical (unpaired) electrons. The molecule has 13 rings (SSSR count). The molecule has 0 spiro atoms. The van der Waals surface area contributed by atoms with Crippen LogP contribution >= 0.6 is 0 Å². The predicted octanol–water partition coefficient (Wildman–Crippen LogP) is 15.3. The number of aromatic nitrogens is 1. The summed E-state index contributed by atoms with van der Waals surface area (Å²) in [5.41, 5.74) is 9.19. The minimum atomic E-state index is -0.197. The van der Waals surface area contributed by atoms with E-state index in [4.69, 9.17) is 14.4 Å². The summed E-state index contributed by atoms with van der Waals surface area (Å²) >= 11 is 0. The van der Waals surface area contributed by atoms with Gasteiger partial charge in [-0.3, -0.25) is 4.99 Å². The van der Waals surface area contributed by atoms with Gasteiger partial charge in [0.1, 0.15) is 11.2 Å². The third-order valence-electron chi connectivity index (χ3n) is 13.3. The molecule has 0 N–H and O–H groups in total. The minimum absolute atomic E-state index is 0.0623. The van der Waals surface area contributed by atoms with Crippen LogP contribution in [0.5, 0.6) is 0 Å². The first-order valence-electron chi connectivity index (χ1n) is 21.6. The Bertz CT molecular complexity index is 3880. The third kappa shape index (κ3) is 5.26. The zero-order valence-electron chi connectivity index (χ0n) is 34.1. The van der Waals surface area contributed by atoms with Crippen molar-refractivity contribution in [1.29, 1.82) is 0 Å². The van der Waals surface area contributed by atoms with Crippen LogP contribution in [-0.2, 0) is 0 Å². The van der Waals surface area contributed by atoms with Crippen molar-refractivity contribution in [3.05, 3.63) is 211 Å². The predicted molar refractivity (Wildman–Crippen MR) is 261 cm³/mol. The lowest BCUT2D eigenvalue weighted by Crippen LogP contribution is -2.29. The van der Waals surface area contributed by atoms with Gasteiger partial charge in [-0.25, -0.2) is 4.99 Å². The van der Waals surface area contributed by atoms with Crippen LogP contribution in [0.25, 0.3) is 92.5 Å². The second kappa shape index (κ2) is 13.6. The standard InChI is InChI=1S/C58H39N3O/c1-2-44-55(42-25-23-35-13-3-5-16-38(35)31-42)59-58(43-26-24-36-14-4-6-17-39(36)32-43)60-56(44)54-50(30-28-47-46-21-11-12-22-52(46)62-57(47)54)61-49-29-27-37-15-9-10-20-45(37)53(49)48-33-40-18-7-8-19-41(40)34-51(48)61/h3-34,44,55H,2H2,1H3. The molecule has 0 bridgehead atoms. The molecule has 2 atom stereocenters. The molecule has 12 aromatic rings. The summed E-state index contributed by atoms with van der Waals surface area (Å²) in [6, 6.07) is 70.1. The van der Waals surface area contributed by atoms with Crippen LogP contribution < -0.4 is 0 Å². The van der Waals surface area contributed by atoms with E-state index in [0.717, 1.165) is 73.1 Å². The highest BCUT2D eigenvalue weighted by Gasteiger charge is 2.36. The molecule has 3 heterocycles. The summed E-state index contributed by atoms with van der Waals surface area (Å²) in [6.07, 6.45) is 0.823. The van der Waals surface area contributed by atoms with E-state index in [1.165, 1.54) is 54.0 Å². The highest BCUT2D eigenvalue weighted by Crippen LogP contribution is 2.45. The average Bonchev–Trinajstić information content (AvgIpc) is 3.87. The highest BCUT2D eigenvalue weighted by atomic mass is 16.3. The van der Waals surface area contributed by atoms with E-state index in [0.29, 0.717) is 0 Å². The quantitative estimate of drug-likeness (QED) is 0.171. The number of hydrogen-bond acceptors (Lipinski definition) is 3.